The van der Waals surface area contributed by atoms with Gasteiger partial charge in [0.1, 0.15) is 5.82 Å². The summed E-state index contributed by atoms with van der Waals surface area (Å²) in [6.07, 6.45) is 0. The van der Waals surface area contributed by atoms with Crippen molar-refractivity contribution >= 4 is 5.65 Å². The van der Waals surface area contributed by atoms with Crippen molar-refractivity contribution in [1.82, 2.24) is 19.8 Å². The number of aromatic amines is 1. The van der Waals surface area contributed by atoms with Gasteiger partial charge in [0, 0.05) is 11.3 Å². The van der Waals surface area contributed by atoms with Gasteiger partial charge in [0.25, 0.3) is 0 Å². The molecule has 1 N–H and O–H groups in total. The number of hydrogen-bond acceptors (Lipinski definition) is 2. The predicted octanol–water partition coefficient (Wildman–Crippen LogP) is 1.80. The van der Waals surface area contributed by atoms with E-state index in [4.69, 9.17) is 0 Å². The molecule has 0 saturated carbocycles. The van der Waals surface area contributed by atoms with Crippen molar-refractivity contribution in [3.05, 3.63) is 17.1 Å². The van der Waals surface area contributed by atoms with E-state index in [2.05, 4.69) is 36.1 Å². The van der Waals surface area contributed by atoms with Gasteiger partial charge in [0.2, 0.25) is 0 Å². The molecule has 0 aliphatic heterocycles. The lowest BCUT2D eigenvalue weighted by molar-refractivity contribution is 0.845. The molecular formula is C9H14N4. The summed E-state index contributed by atoms with van der Waals surface area (Å²) in [4.78, 5) is 0. The Bertz CT molecular complexity index is 436. The van der Waals surface area contributed by atoms with Crippen LogP contribution < -0.4 is 0 Å². The van der Waals surface area contributed by atoms with Crippen LogP contribution in [-0.4, -0.2) is 19.8 Å². The third kappa shape index (κ3) is 1.05. The molecule has 2 rings (SSSR count). The van der Waals surface area contributed by atoms with E-state index in [0.29, 0.717) is 5.92 Å². The zero-order valence-electron chi connectivity index (χ0n) is 8.42. The molecule has 2 aromatic heterocycles. The summed E-state index contributed by atoms with van der Waals surface area (Å²) in [5.74, 6) is 1.39. The highest BCUT2D eigenvalue weighted by Gasteiger charge is 2.14. The van der Waals surface area contributed by atoms with Gasteiger partial charge in [-0.3, -0.25) is 5.10 Å². The smallest absolute Gasteiger partial charge is 0.180 e. The second kappa shape index (κ2) is 2.58. The zero-order valence-corrected chi connectivity index (χ0v) is 8.42. The van der Waals surface area contributed by atoms with Crippen LogP contribution in [0, 0.1) is 13.8 Å². The zero-order chi connectivity index (χ0) is 9.59. The fraction of sp³-hybridized carbons (Fsp3) is 0.556. The van der Waals surface area contributed by atoms with Crippen molar-refractivity contribution in [3.8, 4) is 0 Å². The van der Waals surface area contributed by atoms with E-state index in [1.807, 2.05) is 11.4 Å². The quantitative estimate of drug-likeness (QED) is 0.723. The lowest BCUT2D eigenvalue weighted by atomic mass is 10.0. The van der Waals surface area contributed by atoms with Crippen LogP contribution in [0.4, 0.5) is 0 Å². The van der Waals surface area contributed by atoms with Crippen LogP contribution in [-0.2, 0) is 0 Å². The summed E-state index contributed by atoms with van der Waals surface area (Å²) in [7, 11) is 0. The van der Waals surface area contributed by atoms with Crippen LogP contribution in [0.3, 0.4) is 0 Å². The second-order valence-electron chi connectivity index (χ2n) is 3.71. The van der Waals surface area contributed by atoms with E-state index in [1.54, 1.807) is 0 Å². The van der Waals surface area contributed by atoms with Crippen LogP contribution in [0.5, 0.6) is 0 Å². The molecule has 2 aromatic rings. The Balaban J connectivity index is 2.79. The van der Waals surface area contributed by atoms with E-state index in [1.165, 1.54) is 11.3 Å². The monoisotopic (exact) mass is 178 g/mol. The largest absolute Gasteiger partial charge is 0.295 e. The minimum absolute atomic E-state index is 0.484. The number of fused-ring (bicyclic) bond motifs is 1. The average molecular weight is 178 g/mol. The standard InChI is InChI=1S/C9H14N4/c1-5(2)8-6(3)12-13-7(4)10-11-9(8)13/h5,12H,1-4H3. The Kier molecular flexibility index (Phi) is 1.65. The molecule has 13 heavy (non-hydrogen) atoms. The number of aromatic nitrogens is 4. The molecule has 70 valence electrons. The maximum atomic E-state index is 4.14. The molecule has 0 aromatic carbocycles. The van der Waals surface area contributed by atoms with Crippen LogP contribution in [0.25, 0.3) is 5.65 Å². The first-order valence-electron chi connectivity index (χ1n) is 4.51. The van der Waals surface area contributed by atoms with Gasteiger partial charge in [-0.2, -0.15) is 0 Å². The highest BCUT2D eigenvalue weighted by molar-refractivity contribution is 5.51. The Morgan fingerprint density at radius 1 is 1.23 bits per heavy atom. The van der Waals surface area contributed by atoms with Crippen molar-refractivity contribution in [1.29, 1.82) is 0 Å². The van der Waals surface area contributed by atoms with Crippen LogP contribution in [0.1, 0.15) is 36.8 Å². The molecular weight excluding hydrogens is 164 g/mol. The van der Waals surface area contributed by atoms with E-state index in [9.17, 15) is 0 Å². The van der Waals surface area contributed by atoms with Crippen molar-refractivity contribution in [2.45, 2.75) is 33.6 Å². The molecule has 0 aliphatic carbocycles. The Hall–Kier alpha value is -1.32. The van der Waals surface area contributed by atoms with Gasteiger partial charge < -0.3 is 0 Å². The molecule has 0 radical (unpaired) electrons. The summed E-state index contributed by atoms with van der Waals surface area (Å²) < 4.78 is 1.94. The minimum atomic E-state index is 0.484. The molecule has 0 spiro atoms. The first kappa shape index (κ1) is 8.29. The summed E-state index contributed by atoms with van der Waals surface area (Å²) in [5, 5.41) is 11.4. The maximum absolute atomic E-state index is 4.14. The number of H-pyrrole nitrogens is 1. The van der Waals surface area contributed by atoms with Gasteiger partial charge in [0.05, 0.1) is 0 Å². The summed E-state index contributed by atoms with van der Waals surface area (Å²) in [6.45, 7) is 8.35. The second-order valence-corrected chi connectivity index (χ2v) is 3.71. The highest BCUT2D eigenvalue weighted by atomic mass is 15.4. The van der Waals surface area contributed by atoms with E-state index in [-0.39, 0.29) is 0 Å². The Morgan fingerprint density at radius 2 is 1.92 bits per heavy atom. The summed E-state index contributed by atoms with van der Waals surface area (Å²) >= 11 is 0. The van der Waals surface area contributed by atoms with Crippen molar-refractivity contribution < 1.29 is 0 Å². The molecule has 4 heteroatoms. The molecule has 0 unspecified atom stereocenters. The lowest BCUT2D eigenvalue weighted by Gasteiger charge is -2.00. The maximum Gasteiger partial charge on any atom is 0.180 e. The lowest BCUT2D eigenvalue weighted by Crippen LogP contribution is -1.89. The molecule has 0 saturated heterocycles. The van der Waals surface area contributed by atoms with E-state index in [0.717, 1.165) is 11.5 Å². The van der Waals surface area contributed by atoms with Crippen molar-refractivity contribution in [2.75, 3.05) is 0 Å². The molecule has 0 fully saturated rings. The minimum Gasteiger partial charge on any atom is -0.295 e. The Labute approximate surface area is 77.0 Å². The number of hydrogen-bond donors (Lipinski definition) is 1. The van der Waals surface area contributed by atoms with Gasteiger partial charge in [-0.1, -0.05) is 13.8 Å². The number of nitrogens with one attached hydrogen (secondary N) is 1. The van der Waals surface area contributed by atoms with Gasteiger partial charge in [-0.05, 0) is 19.8 Å². The summed E-state index contributed by atoms with van der Waals surface area (Å²) in [5.41, 5.74) is 3.41. The fourth-order valence-electron chi connectivity index (χ4n) is 1.76. The molecule has 0 bridgehead atoms. The fourth-order valence-corrected chi connectivity index (χ4v) is 1.76. The number of aryl methyl sites for hydroxylation is 2. The van der Waals surface area contributed by atoms with Gasteiger partial charge >= 0.3 is 0 Å². The summed E-state index contributed by atoms with van der Waals surface area (Å²) in [6, 6.07) is 0. The van der Waals surface area contributed by atoms with Gasteiger partial charge in [0.15, 0.2) is 5.65 Å². The Morgan fingerprint density at radius 3 is 2.54 bits per heavy atom. The third-order valence-corrected chi connectivity index (χ3v) is 2.33. The number of nitrogens with zero attached hydrogens (tertiary/aromatic N) is 3. The van der Waals surface area contributed by atoms with Crippen molar-refractivity contribution in [2.24, 2.45) is 0 Å². The van der Waals surface area contributed by atoms with Gasteiger partial charge in [-0.15, -0.1) is 10.2 Å². The molecule has 0 atom stereocenters. The van der Waals surface area contributed by atoms with E-state index >= 15 is 0 Å². The predicted molar refractivity (Wildman–Crippen MR) is 50.9 cm³/mol. The first-order valence-corrected chi connectivity index (χ1v) is 4.51. The van der Waals surface area contributed by atoms with Gasteiger partial charge in [-0.25, -0.2) is 4.52 Å². The SMILES string of the molecule is Cc1[nH]n2c(C)nnc2c1C(C)C. The molecule has 2 heterocycles. The highest BCUT2D eigenvalue weighted by Crippen LogP contribution is 2.22. The number of rotatable bonds is 1. The molecule has 0 aliphatic rings. The van der Waals surface area contributed by atoms with Crippen molar-refractivity contribution in [3.63, 3.8) is 0 Å². The van der Waals surface area contributed by atoms with Crippen LogP contribution >= 0.6 is 0 Å². The topological polar surface area (TPSA) is 46.0 Å². The third-order valence-electron chi connectivity index (χ3n) is 2.33. The van der Waals surface area contributed by atoms with Crippen LogP contribution in [0.15, 0.2) is 0 Å². The van der Waals surface area contributed by atoms with Crippen LogP contribution in [0.2, 0.25) is 0 Å². The first-order chi connectivity index (χ1) is 6.11. The average Bonchev–Trinajstić information content (AvgIpc) is 2.51. The molecule has 4 nitrogen and oxygen atoms in total. The van der Waals surface area contributed by atoms with E-state index < -0.39 is 0 Å². The normalized spacial score (nSPS) is 11.8. The molecule has 0 amide bonds.